The normalized spacial score (nSPS) is 12.4. The van der Waals surface area contributed by atoms with E-state index in [2.05, 4.69) is 4.98 Å². The molecular weight excluding hydrogens is 236 g/mol. The third-order valence-electron chi connectivity index (χ3n) is 2.86. The van der Waals surface area contributed by atoms with Gasteiger partial charge in [0.2, 0.25) is 0 Å². The van der Waals surface area contributed by atoms with E-state index in [1.807, 2.05) is 56.4 Å². The molecule has 19 heavy (non-hydrogen) atoms. The Hall–Kier alpha value is -1.87. The Morgan fingerprint density at radius 2 is 1.89 bits per heavy atom. The van der Waals surface area contributed by atoms with Gasteiger partial charge in [-0.05, 0) is 49.6 Å². The van der Waals surface area contributed by atoms with Gasteiger partial charge in [-0.1, -0.05) is 18.2 Å². The first kappa shape index (κ1) is 13.6. The molecular formula is C16H20N2O. The molecule has 0 bridgehead atoms. The van der Waals surface area contributed by atoms with Crippen molar-refractivity contribution in [2.75, 3.05) is 0 Å². The lowest BCUT2D eigenvalue weighted by Crippen LogP contribution is -2.13. The number of rotatable bonds is 5. The van der Waals surface area contributed by atoms with Crippen molar-refractivity contribution < 1.29 is 4.74 Å². The van der Waals surface area contributed by atoms with E-state index in [1.165, 1.54) is 0 Å². The van der Waals surface area contributed by atoms with E-state index >= 15 is 0 Å². The average Bonchev–Trinajstić information content (AvgIpc) is 2.40. The third-order valence-corrected chi connectivity index (χ3v) is 2.86. The van der Waals surface area contributed by atoms with Gasteiger partial charge < -0.3 is 10.5 Å². The number of ether oxygens (including phenoxy) is 1. The maximum atomic E-state index is 6.21. The van der Waals surface area contributed by atoms with Gasteiger partial charge in [-0.2, -0.15) is 0 Å². The Kier molecular flexibility index (Phi) is 4.53. The summed E-state index contributed by atoms with van der Waals surface area (Å²) < 4.78 is 5.62. The molecule has 1 aromatic carbocycles. The summed E-state index contributed by atoms with van der Waals surface area (Å²) in [4.78, 5) is 4.10. The summed E-state index contributed by atoms with van der Waals surface area (Å²) in [5, 5.41) is 0. The minimum absolute atomic E-state index is 0.0164. The van der Waals surface area contributed by atoms with E-state index < -0.39 is 0 Å². The van der Waals surface area contributed by atoms with Gasteiger partial charge in [0.05, 0.1) is 6.10 Å². The van der Waals surface area contributed by atoms with Gasteiger partial charge in [0, 0.05) is 18.4 Å². The SMILES string of the molecule is CC(C)Oc1ccc(C(N)Cc2cccnc2)cc1. The zero-order chi connectivity index (χ0) is 13.7. The second-order valence-electron chi connectivity index (χ2n) is 4.91. The van der Waals surface area contributed by atoms with Gasteiger partial charge in [0.1, 0.15) is 5.75 Å². The summed E-state index contributed by atoms with van der Waals surface area (Å²) in [5.74, 6) is 0.882. The summed E-state index contributed by atoms with van der Waals surface area (Å²) in [5.41, 5.74) is 8.47. The fraction of sp³-hybridized carbons (Fsp3) is 0.312. The monoisotopic (exact) mass is 256 g/mol. The van der Waals surface area contributed by atoms with Crippen LogP contribution in [-0.4, -0.2) is 11.1 Å². The number of aromatic nitrogens is 1. The average molecular weight is 256 g/mol. The Labute approximate surface area is 114 Å². The molecule has 0 aliphatic rings. The van der Waals surface area contributed by atoms with Crippen molar-refractivity contribution in [3.63, 3.8) is 0 Å². The van der Waals surface area contributed by atoms with Gasteiger partial charge in [-0.3, -0.25) is 4.98 Å². The van der Waals surface area contributed by atoms with Crippen LogP contribution in [0.4, 0.5) is 0 Å². The highest BCUT2D eigenvalue weighted by Crippen LogP contribution is 2.20. The molecule has 3 nitrogen and oxygen atoms in total. The molecule has 1 aromatic heterocycles. The van der Waals surface area contributed by atoms with E-state index in [0.29, 0.717) is 0 Å². The zero-order valence-corrected chi connectivity index (χ0v) is 11.4. The fourth-order valence-corrected chi connectivity index (χ4v) is 1.96. The molecule has 2 aromatic rings. The minimum atomic E-state index is -0.0164. The van der Waals surface area contributed by atoms with Crippen LogP contribution in [0.3, 0.4) is 0 Å². The molecule has 0 radical (unpaired) electrons. The van der Waals surface area contributed by atoms with Crippen LogP contribution in [0.2, 0.25) is 0 Å². The lowest BCUT2D eigenvalue weighted by atomic mass is 10.0. The lowest BCUT2D eigenvalue weighted by Gasteiger charge is -2.14. The second-order valence-corrected chi connectivity index (χ2v) is 4.91. The van der Waals surface area contributed by atoms with E-state index in [4.69, 9.17) is 10.5 Å². The molecule has 2 N–H and O–H groups in total. The molecule has 0 fully saturated rings. The molecule has 0 aliphatic carbocycles. The van der Waals surface area contributed by atoms with Crippen LogP contribution in [0.1, 0.15) is 31.0 Å². The summed E-state index contributed by atoms with van der Waals surface area (Å²) in [6.07, 6.45) is 4.61. The maximum Gasteiger partial charge on any atom is 0.119 e. The van der Waals surface area contributed by atoms with E-state index in [9.17, 15) is 0 Å². The highest BCUT2D eigenvalue weighted by Gasteiger charge is 2.07. The fourth-order valence-electron chi connectivity index (χ4n) is 1.96. The molecule has 0 saturated heterocycles. The minimum Gasteiger partial charge on any atom is -0.491 e. The topological polar surface area (TPSA) is 48.1 Å². The Morgan fingerprint density at radius 3 is 2.47 bits per heavy atom. The standard InChI is InChI=1S/C16H20N2O/c1-12(2)19-15-7-5-14(6-8-15)16(17)10-13-4-3-9-18-11-13/h3-9,11-12,16H,10,17H2,1-2H3. The predicted molar refractivity (Wildman–Crippen MR) is 77.1 cm³/mol. The van der Waals surface area contributed by atoms with Crippen molar-refractivity contribution in [1.29, 1.82) is 0 Å². The first-order valence-corrected chi connectivity index (χ1v) is 6.56. The van der Waals surface area contributed by atoms with Gasteiger partial charge in [-0.25, -0.2) is 0 Å². The van der Waals surface area contributed by atoms with Crippen LogP contribution in [0.5, 0.6) is 5.75 Å². The van der Waals surface area contributed by atoms with Crippen molar-refractivity contribution in [1.82, 2.24) is 4.98 Å². The Morgan fingerprint density at radius 1 is 1.16 bits per heavy atom. The summed E-state index contributed by atoms with van der Waals surface area (Å²) in [7, 11) is 0. The molecule has 2 rings (SSSR count). The molecule has 0 spiro atoms. The summed E-state index contributed by atoms with van der Waals surface area (Å²) in [6.45, 7) is 4.03. The molecule has 0 aliphatic heterocycles. The van der Waals surface area contributed by atoms with Crippen molar-refractivity contribution in [2.24, 2.45) is 5.73 Å². The molecule has 0 saturated carbocycles. The Bertz CT molecular complexity index is 494. The highest BCUT2D eigenvalue weighted by molar-refractivity contribution is 5.30. The van der Waals surface area contributed by atoms with Gasteiger partial charge in [0.25, 0.3) is 0 Å². The molecule has 1 heterocycles. The van der Waals surface area contributed by atoms with Crippen LogP contribution >= 0.6 is 0 Å². The molecule has 0 amide bonds. The van der Waals surface area contributed by atoms with E-state index in [0.717, 1.165) is 23.3 Å². The zero-order valence-electron chi connectivity index (χ0n) is 11.4. The van der Waals surface area contributed by atoms with E-state index in [-0.39, 0.29) is 12.1 Å². The van der Waals surface area contributed by atoms with Crippen LogP contribution < -0.4 is 10.5 Å². The quantitative estimate of drug-likeness (QED) is 0.894. The van der Waals surface area contributed by atoms with Crippen LogP contribution in [0.15, 0.2) is 48.8 Å². The van der Waals surface area contributed by atoms with Crippen LogP contribution in [0.25, 0.3) is 0 Å². The van der Waals surface area contributed by atoms with Crippen molar-refractivity contribution >= 4 is 0 Å². The summed E-state index contributed by atoms with van der Waals surface area (Å²) >= 11 is 0. The van der Waals surface area contributed by atoms with Gasteiger partial charge in [0.15, 0.2) is 0 Å². The Balaban J connectivity index is 2.01. The molecule has 3 heteroatoms. The number of benzene rings is 1. The number of pyridine rings is 1. The first-order chi connectivity index (χ1) is 9.15. The number of nitrogens with two attached hydrogens (primary N) is 1. The number of hydrogen-bond donors (Lipinski definition) is 1. The maximum absolute atomic E-state index is 6.21. The third kappa shape index (κ3) is 4.07. The number of hydrogen-bond acceptors (Lipinski definition) is 3. The highest BCUT2D eigenvalue weighted by atomic mass is 16.5. The van der Waals surface area contributed by atoms with Crippen molar-refractivity contribution in [3.8, 4) is 5.75 Å². The van der Waals surface area contributed by atoms with Crippen molar-refractivity contribution in [3.05, 3.63) is 59.9 Å². The lowest BCUT2D eigenvalue weighted by molar-refractivity contribution is 0.242. The van der Waals surface area contributed by atoms with Gasteiger partial charge >= 0.3 is 0 Å². The van der Waals surface area contributed by atoms with Crippen LogP contribution in [-0.2, 0) is 6.42 Å². The van der Waals surface area contributed by atoms with Crippen molar-refractivity contribution in [2.45, 2.75) is 32.4 Å². The molecule has 100 valence electrons. The van der Waals surface area contributed by atoms with Crippen LogP contribution in [0, 0.1) is 0 Å². The smallest absolute Gasteiger partial charge is 0.119 e. The number of nitrogens with zero attached hydrogens (tertiary/aromatic N) is 1. The first-order valence-electron chi connectivity index (χ1n) is 6.56. The summed E-state index contributed by atoms with van der Waals surface area (Å²) in [6, 6.07) is 12.0. The van der Waals surface area contributed by atoms with Gasteiger partial charge in [-0.15, -0.1) is 0 Å². The second kappa shape index (κ2) is 6.34. The molecule has 1 atom stereocenters. The van der Waals surface area contributed by atoms with E-state index in [1.54, 1.807) is 6.20 Å². The predicted octanol–water partition coefficient (Wildman–Crippen LogP) is 3.11. The molecule has 1 unspecified atom stereocenters. The largest absolute Gasteiger partial charge is 0.491 e.